The van der Waals surface area contributed by atoms with E-state index in [0.29, 0.717) is 17.8 Å². The number of hydrogen-bond donors (Lipinski definition) is 1. The van der Waals surface area contributed by atoms with E-state index in [1.54, 1.807) is 11.3 Å². The fraction of sp³-hybridized carbons (Fsp3) is 0.211. The van der Waals surface area contributed by atoms with Crippen molar-refractivity contribution >= 4 is 33.8 Å². The molecule has 0 aliphatic heterocycles. The number of aromatic nitrogens is 3. The standard InChI is InChI=1S/C19H17N5S/c1-3-13-10-22-18(25-13)11-21-17-8-12(2)14(9-20)19-23-15-6-4-5-7-16(15)24(17)19/h4-8,10,21H,3,11H2,1-2H3. The van der Waals surface area contributed by atoms with Crippen LogP contribution in [-0.2, 0) is 13.0 Å². The average molecular weight is 347 g/mol. The average Bonchev–Trinajstić information content (AvgIpc) is 3.24. The van der Waals surface area contributed by atoms with Gasteiger partial charge in [0.15, 0.2) is 5.65 Å². The summed E-state index contributed by atoms with van der Waals surface area (Å²) in [4.78, 5) is 10.4. The highest BCUT2D eigenvalue weighted by molar-refractivity contribution is 7.11. The van der Waals surface area contributed by atoms with E-state index >= 15 is 0 Å². The molecule has 0 spiro atoms. The van der Waals surface area contributed by atoms with Crippen LogP contribution in [0.4, 0.5) is 5.82 Å². The van der Waals surface area contributed by atoms with Crippen LogP contribution in [0.5, 0.6) is 0 Å². The molecule has 124 valence electrons. The van der Waals surface area contributed by atoms with Gasteiger partial charge >= 0.3 is 0 Å². The Morgan fingerprint density at radius 1 is 1.32 bits per heavy atom. The first-order valence-corrected chi connectivity index (χ1v) is 9.01. The van der Waals surface area contributed by atoms with Gasteiger partial charge in [-0.05, 0) is 37.1 Å². The highest BCUT2D eigenvalue weighted by atomic mass is 32.1. The molecule has 3 aromatic heterocycles. The number of thiazole rings is 1. The minimum absolute atomic E-state index is 0.615. The predicted molar refractivity (Wildman–Crippen MR) is 101 cm³/mol. The number of nitriles is 1. The van der Waals surface area contributed by atoms with E-state index < -0.39 is 0 Å². The lowest BCUT2D eigenvalue weighted by molar-refractivity contribution is 1.05. The summed E-state index contributed by atoms with van der Waals surface area (Å²) in [6.07, 6.45) is 2.94. The molecule has 5 nitrogen and oxygen atoms in total. The van der Waals surface area contributed by atoms with Crippen LogP contribution in [-0.4, -0.2) is 14.4 Å². The summed E-state index contributed by atoms with van der Waals surface area (Å²) in [5, 5.41) is 14.1. The zero-order valence-electron chi connectivity index (χ0n) is 14.1. The molecule has 0 bridgehead atoms. The number of nitrogens with one attached hydrogen (secondary N) is 1. The second-order valence-corrected chi connectivity index (χ2v) is 7.09. The fourth-order valence-corrected chi connectivity index (χ4v) is 3.79. The molecule has 3 heterocycles. The normalized spacial score (nSPS) is 11.1. The van der Waals surface area contributed by atoms with Gasteiger partial charge in [0, 0.05) is 11.1 Å². The first-order valence-electron chi connectivity index (χ1n) is 8.19. The van der Waals surface area contributed by atoms with Gasteiger partial charge in [-0.2, -0.15) is 5.26 Å². The van der Waals surface area contributed by atoms with Crippen molar-refractivity contribution < 1.29 is 0 Å². The Kier molecular flexibility index (Phi) is 3.86. The molecule has 0 aliphatic rings. The Morgan fingerprint density at radius 2 is 2.16 bits per heavy atom. The Hall–Kier alpha value is -2.91. The van der Waals surface area contributed by atoms with Crippen LogP contribution in [0.3, 0.4) is 0 Å². The summed E-state index contributed by atoms with van der Waals surface area (Å²) in [6, 6.07) is 12.2. The highest BCUT2D eigenvalue weighted by Gasteiger charge is 2.15. The van der Waals surface area contributed by atoms with E-state index in [2.05, 4.69) is 28.3 Å². The van der Waals surface area contributed by atoms with E-state index in [9.17, 15) is 5.26 Å². The van der Waals surface area contributed by atoms with Crippen molar-refractivity contribution in [1.29, 1.82) is 5.26 Å². The van der Waals surface area contributed by atoms with Gasteiger partial charge in [0.25, 0.3) is 0 Å². The van der Waals surface area contributed by atoms with Gasteiger partial charge < -0.3 is 5.32 Å². The number of nitrogens with zero attached hydrogens (tertiary/aromatic N) is 4. The van der Waals surface area contributed by atoms with Gasteiger partial charge in [-0.15, -0.1) is 11.3 Å². The molecule has 1 aromatic carbocycles. The maximum Gasteiger partial charge on any atom is 0.157 e. The SMILES string of the molecule is CCc1cnc(CNc2cc(C)c(C#N)c3nc4ccccc4n23)s1. The molecule has 0 fully saturated rings. The molecule has 0 saturated carbocycles. The number of imidazole rings is 1. The second kappa shape index (κ2) is 6.19. The second-order valence-electron chi connectivity index (χ2n) is 5.89. The zero-order valence-corrected chi connectivity index (χ0v) is 14.9. The molecule has 0 aliphatic carbocycles. The number of aryl methyl sites for hydroxylation is 2. The quantitative estimate of drug-likeness (QED) is 0.598. The maximum absolute atomic E-state index is 9.54. The zero-order chi connectivity index (χ0) is 17.4. The van der Waals surface area contributed by atoms with Crippen LogP contribution in [0, 0.1) is 18.3 Å². The molecule has 4 aromatic rings. The van der Waals surface area contributed by atoms with Crippen molar-refractivity contribution in [2.45, 2.75) is 26.8 Å². The van der Waals surface area contributed by atoms with Gasteiger partial charge in [-0.25, -0.2) is 9.97 Å². The molecule has 0 amide bonds. The number of anilines is 1. The lowest BCUT2D eigenvalue weighted by atomic mass is 10.1. The summed E-state index contributed by atoms with van der Waals surface area (Å²) in [7, 11) is 0. The molecule has 0 atom stereocenters. The van der Waals surface area contributed by atoms with Gasteiger partial charge in [-0.3, -0.25) is 4.40 Å². The summed E-state index contributed by atoms with van der Waals surface area (Å²) < 4.78 is 2.02. The van der Waals surface area contributed by atoms with Crippen molar-refractivity contribution in [1.82, 2.24) is 14.4 Å². The van der Waals surface area contributed by atoms with E-state index in [4.69, 9.17) is 0 Å². The predicted octanol–water partition coefficient (Wildman–Crippen LogP) is 4.30. The van der Waals surface area contributed by atoms with Crippen molar-refractivity contribution in [3.8, 4) is 6.07 Å². The number of pyridine rings is 1. The smallest absolute Gasteiger partial charge is 0.157 e. The summed E-state index contributed by atoms with van der Waals surface area (Å²) >= 11 is 1.72. The number of fused-ring (bicyclic) bond motifs is 3. The number of para-hydroxylation sites is 2. The van der Waals surface area contributed by atoms with E-state index in [1.807, 2.05) is 47.9 Å². The number of rotatable bonds is 4. The Labute approximate surface area is 149 Å². The molecular formula is C19H17N5S. The summed E-state index contributed by atoms with van der Waals surface area (Å²) in [5.41, 5.74) is 4.10. The first-order chi connectivity index (χ1) is 12.2. The first kappa shape index (κ1) is 15.6. The lowest BCUT2D eigenvalue weighted by Crippen LogP contribution is -2.06. The minimum Gasteiger partial charge on any atom is -0.365 e. The molecular weight excluding hydrogens is 330 g/mol. The minimum atomic E-state index is 0.615. The molecule has 25 heavy (non-hydrogen) atoms. The van der Waals surface area contributed by atoms with Crippen molar-refractivity contribution in [3.05, 3.63) is 57.5 Å². The van der Waals surface area contributed by atoms with Crippen LogP contribution < -0.4 is 5.32 Å². The Morgan fingerprint density at radius 3 is 2.92 bits per heavy atom. The third kappa shape index (κ3) is 2.63. The van der Waals surface area contributed by atoms with Crippen LogP contribution in [0.1, 0.15) is 27.9 Å². The molecule has 4 rings (SSSR count). The highest BCUT2D eigenvalue weighted by Crippen LogP contribution is 2.27. The molecule has 0 radical (unpaired) electrons. The number of benzene rings is 1. The van der Waals surface area contributed by atoms with Crippen LogP contribution in [0.2, 0.25) is 0 Å². The van der Waals surface area contributed by atoms with E-state index in [0.717, 1.165) is 33.8 Å². The molecule has 6 heteroatoms. The molecule has 0 unspecified atom stereocenters. The van der Waals surface area contributed by atoms with E-state index in [-0.39, 0.29) is 0 Å². The van der Waals surface area contributed by atoms with Crippen molar-refractivity contribution in [3.63, 3.8) is 0 Å². The monoisotopic (exact) mass is 347 g/mol. The van der Waals surface area contributed by atoms with Gasteiger partial charge in [0.1, 0.15) is 16.9 Å². The third-order valence-corrected chi connectivity index (χ3v) is 5.40. The fourth-order valence-electron chi connectivity index (χ4n) is 2.98. The Bertz CT molecular complexity index is 1120. The van der Waals surface area contributed by atoms with Crippen molar-refractivity contribution in [2.75, 3.05) is 5.32 Å². The van der Waals surface area contributed by atoms with Gasteiger partial charge in [0.05, 0.1) is 23.1 Å². The van der Waals surface area contributed by atoms with Gasteiger partial charge in [0.2, 0.25) is 0 Å². The molecule has 0 saturated heterocycles. The summed E-state index contributed by atoms with van der Waals surface area (Å²) in [6.45, 7) is 4.73. The number of hydrogen-bond acceptors (Lipinski definition) is 5. The van der Waals surface area contributed by atoms with Crippen LogP contribution in [0.25, 0.3) is 16.7 Å². The Balaban J connectivity index is 1.83. The molecule has 1 N–H and O–H groups in total. The lowest BCUT2D eigenvalue weighted by Gasteiger charge is -2.11. The van der Waals surface area contributed by atoms with Crippen LogP contribution >= 0.6 is 11.3 Å². The topological polar surface area (TPSA) is 66.0 Å². The van der Waals surface area contributed by atoms with Crippen LogP contribution in [0.15, 0.2) is 36.5 Å². The van der Waals surface area contributed by atoms with Gasteiger partial charge in [-0.1, -0.05) is 19.1 Å². The summed E-state index contributed by atoms with van der Waals surface area (Å²) in [5.74, 6) is 0.924. The third-order valence-electron chi connectivity index (χ3n) is 4.26. The van der Waals surface area contributed by atoms with E-state index in [1.165, 1.54) is 4.88 Å². The largest absolute Gasteiger partial charge is 0.365 e. The maximum atomic E-state index is 9.54. The van der Waals surface area contributed by atoms with Crippen molar-refractivity contribution in [2.24, 2.45) is 0 Å².